The Hall–Kier alpha value is -1.89. The number of nitrogens with zero attached hydrogens (tertiary/aromatic N) is 1. The minimum Gasteiger partial charge on any atom is -0.256 e. The number of pyridine rings is 1. The van der Waals surface area contributed by atoms with E-state index < -0.39 is 0 Å². The van der Waals surface area contributed by atoms with Crippen molar-refractivity contribution in [3.8, 4) is 11.3 Å². The second kappa shape index (κ2) is 9.19. The first-order chi connectivity index (χ1) is 10.8. The van der Waals surface area contributed by atoms with Crippen LogP contribution in [0, 0.1) is 0 Å². The molecule has 1 aromatic heterocycles. The maximum Gasteiger partial charge on any atom is 0.0708 e. The van der Waals surface area contributed by atoms with Gasteiger partial charge in [0.2, 0.25) is 0 Å². The zero-order chi connectivity index (χ0) is 15.6. The van der Waals surface area contributed by atoms with E-state index in [0.717, 1.165) is 5.69 Å². The van der Waals surface area contributed by atoms with Crippen LogP contribution < -0.4 is 0 Å². The van der Waals surface area contributed by atoms with Crippen molar-refractivity contribution >= 4 is 5.57 Å². The van der Waals surface area contributed by atoms with Gasteiger partial charge in [-0.15, -0.1) is 0 Å². The van der Waals surface area contributed by atoms with Gasteiger partial charge in [-0.3, -0.25) is 4.98 Å². The predicted octanol–water partition coefficient (Wildman–Crippen LogP) is 6.51. The molecule has 0 aliphatic rings. The normalized spacial score (nSPS) is 11.6. The first kappa shape index (κ1) is 16.5. The van der Waals surface area contributed by atoms with Crippen molar-refractivity contribution < 1.29 is 0 Å². The molecule has 0 aliphatic heterocycles. The summed E-state index contributed by atoms with van der Waals surface area (Å²) in [7, 11) is 0. The van der Waals surface area contributed by atoms with Gasteiger partial charge >= 0.3 is 0 Å². The summed E-state index contributed by atoms with van der Waals surface area (Å²) >= 11 is 0. The van der Waals surface area contributed by atoms with Gasteiger partial charge in [-0.25, -0.2) is 0 Å². The summed E-state index contributed by atoms with van der Waals surface area (Å²) in [4.78, 5) is 4.54. The van der Waals surface area contributed by atoms with Crippen LogP contribution in [0.4, 0.5) is 0 Å². The number of hydrogen-bond acceptors (Lipinski definition) is 1. The summed E-state index contributed by atoms with van der Waals surface area (Å²) in [5, 5.41) is 0. The standard InChI is InChI=1S/C21H27N/c1-3-5-8-12-18(11-6-4-2)20-15-16-22-21(17-20)19-13-9-7-10-14-19/h7,9-10,12-17H,3-6,8,11H2,1-2H3/b18-12+. The summed E-state index contributed by atoms with van der Waals surface area (Å²) < 4.78 is 0. The van der Waals surface area contributed by atoms with Crippen molar-refractivity contribution in [1.29, 1.82) is 0 Å². The lowest BCUT2D eigenvalue weighted by atomic mass is 9.97. The Kier molecular flexibility index (Phi) is 6.89. The summed E-state index contributed by atoms with van der Waals surface area (Å²) in [6.07, 6.45) is 11.7. The van der Waals surface area contributed by atoms with Crippen LogP contribution in [0.15, 0.2) is 54.7 Å². The van der Waals surface area contributed by atoms with E-state index in [0.29, 0.717) is 0 Å². The van der Waals surface area contributed by atoms with E-state index in [4.69, 9.17) is 0 Å². The topological polar surface area (TPSA) is 12.9 Å². The number of rotatable bonds is 8. The molecule has 0 radical (unpaired) electrons. The molecule has 1 heteroatoms. The molecule has 2 aromatic rings. The lowest BCUT2D eigenvalue weighted by molar-refractivity contribution is 0.800. The van der Waals surface area contributed by atoms with E-state index in [2.05, 4.69) is 61.3 Å². The third-order valence-corrected chi connectivity index (χ3v) is 3.95. The average molecular weight is 293 g/mol. The third kappa shape index (κ3) is 4.84. The first-order valence-corrected chi connectivity index (χ1v) is 8.56. The van der Waals surface area contributed by atoms with Crippen LogP contribution in [-0.4, -0.2) is 4.98 Å². The van der Waals surface area contributed by atoms with Crippen LogP contribution in [0.1, 0.15) is 57.9 Å². The van der Waals surface area contributed by atoms with E-state index in [1.165, 1.54) is 55.2 Å². The van der Waals surface area contributed by atoms with Crippen LogP contribution in [-0.2, 0) is 0 Å². The maximum atomic E-state index is 4.54. The zero-order valence-electron chi connectivity index (χ0n) is 13.9. The molecule has 0 N–H and O–H groups in total. The molecule has 2 rings (SSSR count). The zero-order valence-corrected chi connectivity index (χ0v) is 13.9. The van der Waals surface area contributed by atoms with Gasteiger partial charge in [-0.2, -0.15) is 0 Å². The largest absolute Gasteiger partial charge is 0.256 e. The number of hydrogen-bond donors (Lipinski definition) is 0. The Morgan fingerprint density at radius 3 is 2.50 bits per heavy atom. The molecule has 0 fully saturated rings. The van der Waals surface area contributed by atoms with E-state index in [1.807, 2.05) is 12.3 Å². The number of allylic oxidation sites excluding steroid dienone is 2. The predicted molar refractivity (Wildman–Crippen MR) is 96.7 cm³/mol. The summed E-state index contributed by atoms with van der Waals surface area (Å²) in [5.41, 5.74) is 5.07. The lowest BCUT2D eigenvalue weighted by Gasteiger charge is -2.10. The Morgan fingerprint density at radius 1 is 1.00 bits per heavy atom. The van der Waals surface area contributed by atoms with Gasteiger partial charge in [0.1, 0.15) is 0 Å². The molecule has 1 heterocycles. The van der Waals surface area contributed by atoms with Crippen molar-refractivity contribution in [3.63, 3.8) is 0 Å². The third-order valence-electron chi connectivity index (χ3n) is 3.95. The molecule has 0 bridgehead atoms. The van der Waals surface area contributed by atoms with Crippen molar-refractivity contribution in [2.24, 2.45) is 0 Å². The van der Waals surface area contributed by atoms with Crippen molar-refractivity contribution in [1.82, 2.24) is 4.98 Å². The summed E-state index contributed by atoms with van der Waals surface area (Å²) in [6.45, 7) is 4.51. The quantitative estimate of drug-likeness (QED) is 0.505. The monoisotopic (exact) mass is 293 g/mol. The molecular formula is C21H27N. The van der Waals surface area contributed by atoms with E-state index in [9.17, 15) is 0 Å². The second-order valence-electron chi connectivity index (χ2n) is 5.77. The minimum atomic E-state index is 1.07. The molecule has 0 saturated carbocycles. The van der Waals surface area contributed by atoms with Gasteiger partial charge in [-0.1, -0.05) is 69.5 Å². The van der Waals surface area contributed by atoms with Crippen LogP contribution in [0.25, 0.3) is 16.8 Å². The number of unbranched alkanes of at least 4 members (excludes halogenated alkanes) is 3. The molecule has 0 atom stereocenters. The van der Waals surface area contributed by atoms with Gasteiger partial charge in [0.15, 0.2) is 0 Å². The Bertz CT molecular complexity index is 584. The number of benzene rings is 1. The molecule has 0 aliphatic carbocycles. The highest BCUT2D eigenvalue weighted by Gasteiger charge is 2.05. The number of aromatic nitrogens is 1. The summed E-state index contributed by atoms with van der Waals surface area (Å²) in [6, 6.07) is 14.8. The van der Waals surface area contributed by atoms with Gasteiger partial charge in [0, 0.05) is 11.8 Å². The van der Waals surface area contributed by atoms with Crippen LogP contribution in [0.5, 0.6) is 0 Å². The molecule has 0 spiro atoms. The highest BCUT2D eigenvalue weighted by Crippen LogP contribution is 2.25. The van der Waals surface area contributed by atoms with E-state index in [1.54, 1.807) is 0 Å². The Labute approximate surface area is 135 Å². The minimum absolute atomic E-state index is 1.07. The lowest BCUT2D eigenvalue weighted by Crippen LogP contribution is -1.90. The second-order valence-corrected chi connectivity index (χ2v) is 5.77. The van der Waals surface area contributed by atoms with Gasteiger partial charge in [0.25, 0.3) is 0 Å². The van der Waals surface area contributed by atoms with Gasteiger partial charge in [0.05, 0.1) is 5.69 Å². The van der Waals surface area contributed by atoms with Crippen LogP contribution in [0.2, 0.25) is 0 Å². The highest BCUT2D eigenvalue weighted by molar-refractivity contribution is 5.70. The fraction of sp³-hybridized carbons (Fsp3) is 0.381. The maximum absolute atomic E-state index is 4.54. The highest BCUT2D eigenvalue weighted by atomic mass is 14.7. The molecule has 0 unspecified atom stereocenters. The van der Waals surface area contributed by atoms with Gasteiger partial charge in [-0.05, 0) is 42.5 Å². The molecule has 116 valence electrons. The van der Waals surface area contributed by atoms with Crippen LogP contribution in [0.3, 0.4) is 0 Å². The van der Waals surface area contributed by atoms with Crippen molar-refractivity contribution in [2.45, 2.75) is 52.4 Å². The average Bonchev–Trinajstić information content (AvgIpc) is 2.59. The SMILES string of the molecule is CCCC/C=C(\CCCC)c1ccnc(-c2ccccc2)c1. The van der Waals surface area contributed by atoms with Crippen molar-refractivity contribution in [2.75, 3.05) is 0 Å². The van der Waals surface area contributed by atoms with E-state index >= 15 is 0 Å². The van der Waals surface area contributed by atoms with Crippen LogP contribution >= 0.6 is 0 Å². The fourth-order valence-corrected chi connectivity index (χ4v) is 2.61. The van der Waals surface area contributed by atoms with Gasteiger partial charge < -0.3 is 0 Å². The molecule has 1 nitrogen and oxygen atoms in total. The van der Waals surface area contributed by atoms with Crippen molar-refractivity contribution in [3.05, 3.63) is 60.3 Å². The Balaban J connectivity index is 2.25. The smallest absolute Gasteiger partial charge is 0.0708 e. The van der Waals surface area contributed by atoms with E-state index in [-0.39, 0.29) is 0 Å². The molecule has 0 amide bonds. The summed E-state index contributed by atoms with van der Waals surface area (Å²) in [5.74, 6) is 0. The molecule has 0 saturated heterocycles. The Morgan fingerprint density at radius 2 is 1.77 bits per heavy atom. The first-order valence-electron chi connectivity index (χ1n) is 8.56. The molecule has 1 aromatic carbocycles. The molecular weight excluding hydrogens is 266 g/mol. The fourth-order valence-electron chi connectivity index (χ4n) is 2.61. The molecule has 22 heavy (non-hydrogen) atoms.